The van der Waals surface area contributed by atoms with Crippen molar-refractivity contribution in [1.82, 2.24) is 0 Å². The lowest BCUT2D eigenvalue weighted by Gasteiger charge is -2.05. The highest BCUT2D eigenvalue weighted by atomic mass is 16.7. The first-order chi connectivity index (χ1) is 7.49. The Balaban J connectivity index is 2.17. The van der Waals surface area contributed by atoms with E-state index >= 15 is 0 Å². The molecule has 0 saturated carbocycles. The number of hydrogen-bond acceptors (Lipinski definition) is 3. The highest BCUT2D eigenvalue weighted by Crippen LogP contribution is 2.31. The van der Waals surface area contributed by atoms with Crippen LogP contribution in [0.25, 0.3) is 0 Å². The molecule has 0 radical (unpaired) electrons. The molecule has 0 aromatic heterocycles. The predicted octanol–water partition coefficient (Wildman–Crippen LogP) is 1.74. The van der Waals surface area contributed by atoms with E-state index in [1.807, 2.05) is 0 Å². The Kier molecular flexibility index (Phi) is 1.63. The van der Waals surface area contributed by atoms with Crippen LogP contribution in [0.5, 0.6) is 5.75 Å². The molecular formula is C10H12O3. The van der Waals surface area contributed by atoms with Crippen molar-refractivity contribution in [3.63, 3.8) is 0 Å². The molecule has 1 aromatic carbocycles. The van der Waals surface area contributed by atoms with Crippen LogP contribution in [0.1, 0.15) is 15.8 Å². The number of benzene rings is 1. The first-order valence-corrected chi connectivity index (χ1v) is 3.92. The van der Waals surface area contributed by atoms with Gasteiger partial charge in [-0.25, -0.2) is 0 Å². The van der Waals surface area contributed by atoms with Crippen molar-refractivity contribution >= 4 is 0 Å². The van der Waals surface area contributed by atoms with Crippen molar-refractivity contribution in [2.45, 2.75) is 6.08 Å². The summed E-state index contributed by atoms with van der Waals surface area (Å²) in [5.74, 6) is 0.525. The molecule has 0 bridgehead atoms. The average Bonchev–Trinajstić information content (AvgIpc) is 2.77. The molecule has 1 atom stereocenters. The van der Waals surface area contributed by atoms with Gasteiger partial charge in [0.2, 0.25) is 0 Å². The second-order valence-corrected chi connectivity index (χ2v) is 2.61. The fourth-order valence-electron chi connectivity index (χ4n) is 0.997. The summed E-state index contributed by atoms with van der Waals surface area (Å²) in [5.41, 5.74) is 0.436. The van der Waals surface area contributed by atoms with E-state index in [9.17, 15) is 0 Å². The van der Waals surface area contributed by atoms with Gasteiger partial charge in [0.25, 0.3) is 0 Å². The topological polar surface area (TPSA) is 31.0 Å². The molecule has 1 saturated heterocycles. The molecule has 0 N–H and O–H groups in total. The van der Waals surface area contributed by atoms with E-state index in [0.717, 1.165) is 0 Å². The van der Waals surface area contributed by atoms with Crippen LogP contribution in [0, 0.1) is 0 Å². The first kappa shape index (κ1) is 5.62. The molecule has 0 amide bonds. The molecule has 2 rings (SSSR count). The highest BCUT2D eigenvalue weighted by molar-refractivity contribution is 5.31. The fourth-order valence-corrected chi connectivity index (χ4v) is 0.997. The molecule has 3 heteroatoms. The van der Waals surface area contributed by atoms with E-state index in [-0.39, 0.29) is 6.79 Å². The van der Waals surface area contributed by atoms with Gasteiger partial charge in [0, 0.05) is 7.11 Å². The van der Waals surface area contributed by atoms with E-state index in [4.69, 9.17) is 18.3 Å². The van der Waals surface area contributed by atoms with Crippen molar-refractivity contribution in [2.24, 2.45) is 0 Å². The molecule has 70 valence electrons. The van der Waals surface area contributed by atoms with E-state index in [0.29, 0.717) is 11.3 Å². The van der Waals surface area contributed by atoms with E-state index in [1.54, 1.807) is 24.3 Å². The molecule has 1 fully saturated rings. The maximum atomic E-state index is 7.78. The summed E-state index contributed by atoms with van der Waals surface area (Å²) in [6.45, 7) is -1.81. The largest absolute Gasteiger partial charge is 0.468 e. The van der Waals surface area contributed by atoms with Gasteiger partial charge in [-0.15, -0.1) is 0 Å². The van der Waals surface area contributed by atoms with Crippen molar-refractivity contribution in [3.05, 3.63) is 29.8 Å². The van der Waals surface area contributed by atoms with Gasteiger partial charge < -0.3 is 14.2 Å². The number of methoxy groups -OCH3 is 1. The van der Waals surface area contributed by atoms with Crippen LogP contribution in [0.4, 0.5) is 0 Å². The molecule has 3 nitrogen and oxygen atoms in total. The minimum Gasteiger partial charge on any atom is -0.468 e. The van der Waals surface area contributed by atoms with Gasteiger partial charge in [-0.05, 0) is 17.7 Å². The summed E-state index contributed by atoms with van der Waals surface area (Å²) in [6.07, 6.45) is -1.61. The van der Waals surface area contributed by atoms with Crippen LogP contribution in [-0.4, -0.2) is 20.5 Å². The van der Waals surface area contributed by atoms with Gasteiger partial charge in [0.1, 0.15) is 11.8 Å². The summed E-state index contributed by atoms with van der Waals surface area (Å²) in [5, 5.41) is 0. The van der Waals surface area contributed by atoms with Crippen LogP contribution in [-0.2, 0) is 9.47 Å². The maximum absolute atomic E-state index is 7.78. The highest BCUT2D eigenvalue weighted by Gasteiger charge is 2.24. The maximum Gasteiger partial charge on any atom is 0.188 e. The summed E-state index contributed by atoms with van der Waals surface area (Å²) < 4.78 is 37.2. The smallest absolute Gasteiger partial charge is 0.188 e. The SMILES string of the molecule is [2H]C1([2H])OC1([2H])c1cccc(OCOC)c1. The summed E-state index contributed by atoms with van der Waals surface area (Å²) in [6, 6.07) is 6.62. The molecule has 1 aliphatic heterocycles. The quantitative estimate of drug-likeness (QED) is 0.526. The number of rotatable bonds is 4. The first-order valence-electron chi connectivity index (χ1n) is 5.42. The molecule has 1 aromatic rings. The Labute approximate surface area is 81.4 Å². The van der Waals surface area contributed by atoms with Gasteiger partial charge in [-0.3, -0.25) is 0 Å². The van der Waals surface area contributed by atoms with Crippen LogP contribution in [0.15, 0.2) is 24.3 Å². The van der Waals surface area contributed by atoms with Gasteiger partial charge in [-0.1, -0.05) is 12.1 Å². The third-order valence-corrected chi connectivity index (χ3v) is 1.64. The van der Waals surface area contributed by atoms with Gasteiger partial charge in [-0.2, -0.15) is 0 Å². The monoisotopic (exact) mass is 183 g/mol. The molecule has 1 aliphatic rings. The summed E-state index contributed by atoms with van der Waals surface area (Å²) in [4.78, 5) is 0. The predicted molar refractivity (Wildman–Crippen MR) is 47.6 cm³/mol. The minimum atomic E-state index is -1.92. The Hall–Kier alpha value is -1.06. The van der Waals surface area contributed by atoms with Crippen LogP contribution >= 0.6 is 0 Å². The van der Waals surface area contributed by atoms with Crippen molar-refractivity contribution in [1.29, 1.82) is 0 Å². The zero-order valence-corrected chi connectivity index (χ0v) is 7.24. The van der Waals surface area contributed by atoms with Crippen LogP contribution in [0.3, 0.4) is 0 Å². The number of hydrogen-bond donors (Lipinski definition) is 0. The third-order valence-electron chi connectivity index (χ3n) is 1.64. The van der Waals surface area contributed by atoms with Gasteiger partial charge in [0.15, 0.2) is 6.79 Å². The second-order valence-electron chi connectivity index (χ2n) is 2.61. The zero-order valence-electron chi connectivity index (χ0n) is 10.2. The summed E-state index contributed by atoms with van der Waals surface area (Å²) in [7, 11) is 1.51. The lowest BCUT2D eigenvalue weighted by Crippen LogP contribution is -1.98. The van der Waals surface area contributed by atoms with Crippen molar-refractivity contribution < 1.29 is 18.3 Å². The Morgan fingerprint density at radius 1 is 1.77 bits per heavy atom. The van der Waals surface area contributed by atoms with E-state index in [2.05, 4.69) is 0 Å². The lowest BCUT2D eigenvalue weighted by atomic mass is 10.1. The fraction of sp³-hybridized carbons (Fsp3) is 0.400. The van der Waals surface area contributed by atoms with Gasteiger partial charge in [0.05, 0.1) is 10.7 Å². The van der Waals surface area contributed by atoms with E-state index in [1.165, 1.54) is 7.11 Å². The van der Waals surface area contributed by atoms with E-state index < -0.39 is 12.6 Å². The zero-order chi connectivity index (χ0) is 11.8. The molecule has 13 heavy (non-hydrogen) atoms. The Morgan fingerprint density at radius 3 is 3.31 bits per heavy atom. The minimum absolute atomic E-state index is 0.113. The van der Waals surface area contributed by atoms with Crippen LogP contribution < -0.4 is 4.74 Å². The average molecular weight is 183 g/mol. The molecule has 0 spiro atoms. The molecule has 1 unspecified atom stereocenters. The lowest BCUT2D eigenvalue weighted by molar-refractivity contribution is 0.0510. The normalized spacial score (nSPS) is 32.8. The molecular weight excluding hydrogens is 168 g/mol. The Bertz CT molecular complexity index is 397. The Morgan fingerprint density at radius 2 is 2.62 bits per heavy atom. The standard InChI is InChI=1S/C10H12O3/c1-11-7-13-9-4-2-3-8(5-9)10-6-12-10/h2-5,10H,6-7H2,1H3/i6D2,10D. The molecule has 1 heterocycles. The van der Waals surface area contributed by atoms with Crippen LogP contribution in [0.2, 0.25) is 0 Å². The number of ether oxygens (including phenoxy) is 3. The second kappa shape index (κ2) is 3.77. The number of epoxide rings is 1. The summed E-state index contributed by atoms with van der Waals surface area (Å²) >= 11 is 0. The van der Waals surface area contributed by atoms with Crippen molar-refractivity contribution in [2.75, 3.05) is 20.5 Å². The third kappa shape index (κ3) is 2.20. The van der Waals surface area contributed by atoms with Gasteiger partial charge >= 0.3 is 0 Å². The molecule has 0 aliphatic carbocycles. The van der Waals surface area contributed by atoms with Crippen molar-refractivity contribution in [3.8, 4) is 5.75 Å².